The van der Waals surface area contributed by atoms with Crippen LogP contribution >= 0.6 is 0 Å². The number of hydrogen-bond acceptors (Lipinski definition) is 2. The van der Waals surface area contributed by atoms with Gasteiger partial charge in [-0.2, -0.15) is 0 Å². The summed E-state index contributed by atoms with van der Waals surface area (Å²) in [5, 5.41) is 3.60. The van der Waals surface area contributed by atoms with Gasteiger partial charge in [0.15, 0.2) is 0 Å². The first-order valence-corrected chi connectivity index (χ1v) is 7.99. The molecule has 0 saturated carbocycles. The predicted molar refractivity (Wildman–Crippen MR) is 87.5 cm³/mol. The molecule has 0 spiro atoms. The fraction of sp³-hybridized carbons (Fsp3) is 0.368. The largest absolute Gasteiger partial charge is 0.385 e. The minimum atomic E-state index is 0.694. The number of hydrogen-bond donors (Lipinski definition) is 1. The Kier molecular flexibility index (Phi) is 3.40. The maximum atomic E-state index is 3.60. The first-order valence-electron chi connectivity index (χ1n) is 7.99. The lowest BCUT2D eigenvalue weighted by Crippen LogP contribution is -2.21. The van der Waals surface area contributed by atoms with E-state index >= 15 is 0 Å². The van der Waals surface area contributed by atoms with Crippen molar-refractivity contribution in [3.8, 4) is 0 Å². The molecule has 2 aliphatic heterocycles. The molecule has 2 heteroatoms. The van der Waals surface area contributed by atoms with E-state index in [1.165, 1.54) is 36.3 Å². The number of likely N-dealkylation sites (tertiary alicyclic amines) is 1. The predicted octanol–water partition coefficient (Wildman–Crippen LogP) is 3.72. The standard InChI is InChI=1S/C19H22N2/c1-2-6-15(7-3-1)12-21-13-16-10-11-20-19-9-5-4-8-17(19)18(16)14-21/h1-9,16,18,20H,10-14H2/t16-,18-/m1/s1. The smallest absolute Gasteiger partial charge is 0.0376 e. The summed E-state index contributed by atoms with van der Waals surface area (Å²) in [6.07, 6.45) is 1.28. The zero-order valence-corrected chi connectivity index (χ0v) is 12.3. The van der Waals surface area contributed by atoms with Gasteiger partial charge in [0.2, 0.25) is 0 Å². The van der Waals surface area contributed by atoms with E-state index in [1.54, 1.807) is 0 Å². The Morgan fingerprint density at radius 1 is 0.952 bits per heavy atom. The van der Waals surface area contributed by atoms with E-state index in [0.29, 0.717) is 5.92 Å². The molecule has 2 heterocycles. The van der Waals surface area contributed by atoms with Gasteiger partial charge in [0.05, 0.1) is 0 Å². The summed E-state index contributed by atoms with van der Waals surface area (Å²) in [5.74, 6) is 1.49. The molecule has 0 bridgehead atoms. The molecule has 1 N–H and O–H groups in total. The van der Waals surface area contributed by atoms with E-state index < -0.39 is 0 Å². The monoisotopic (exact) mass is 278 g/mol. The third-order valence-electron chi connectivity index (χ3n) is 4.96. The zero-order valence-electron chi connectivity index (χ0n) is 12.3. The second-order valence-electron chi connectivity index (χ2n) is 6.35. The number of para-hydroxylation sites is 1. The minimum absolute atomic E-state index is 0.694. The second-order valence-corrected chi connectivity index (χ2v) is 6.35. The molecule has 2 aromatic carbocycles. The number of nitrogens with zero attached hydrogens (tertiary/aromatic N) is 1. The highest BCUT2D eigenvalue weighted by molar-refractivity contribution is 5.54. The van der Waals surface area contributed by atoms with Crippen LogP contribution in [-0.2, 0) is 6.54 Å². The first-order chi connectivity index (χ1) is 10.4. The Morgan fingerprint density at radius 3 is 2.67 bits per heavy atom. The van der Waals surface area contributed by atoms with E-state index in [4.69, 9.17) is 0 Å². The van der Waals surface area contributed by atoms with Gasteiger partial charge in [0.1, 0.15) is 0 Å². The summed E-state index contributed by atoms with van der Waals surface area (Å²) in [7, 11) is 0. The molecule has 2 aliphatic rings. The van der Waals surface area contributed by atoms with Gasteiger partial charge in [-0.3, -0.25) is 4.90 Å². The molecule has 2 nitrogen and oxygen atoms in total. The van der Waals surface area contributed by atoms with Gasteiger partial charge in [-0.05, 0) is 29.5 Å². The molecule has 0 radical (unpaired) electrons. The topological polar surface area (TPSA) is 15.3 Å². The number of nitrogens with one attached hydrogen (secondary N) is 1. The van der Waals surface area contributed by atoms with Gasteiger partial charge in [0.25, 0.3) is 0 Å². The summed E-state index contributed by atoms with van der Waals surface area (Å²) >= 11 is 0. The summed E-state index contributed by atoms with van der Waals surface area (Å²) in [6, 6.07) is 19.7. The molecule has 0 unspecified atom stereocenters. The number of anilines is 1. The van der Waals surface area contributed by atoms with Crippen LogP contribution < -0.4 is 5.32 Å². The highest BCUT2D eigenvalue weighted by Gasteiger charge is 2.35. The Hall–Kier alpha value is -1.80. The van der Waals surface area contributed by atoms with Crippen LogP contribution in [0.2, 0.25) is 0 Å². The lowest BCUT2D eigenvalue weighted by molar-refractivity contribution is 0.314. The van der Waals surface area contributed by atoms with Crippen molar-refractivity contribution in [3.05, 3.63) is 65.7 Å². The lowest BCUT2D eigenvalue weighted by Gasteiger charge is -2.18. The van der Waals surface area contributed by atoms with Crippen LogP contribution in [0.15, 0.2) is 54.6 Å². The molecule has 2 atom stereocenters. The van der Waals surface area contributed by atoms with Crippen LogP contribution in [0.1, 0.15) is 23.5 Å². The molecule has 2 aromatic rings. The van der Waals surface area contributed by atoms with Crippen molar-refractivity contribution in [2.75, 3.05) is 25.0 Å². The van der Waals surface area contributed by atoms with E-state index in [1.807, 2.05) is 0 Å². The molecular formula is C19H22N2. The average molecular weight is 278 g/mol. The van der Waals surface area contributed by atoms with Crippen molar-refractivity contribution >= 4 is 5.69 Å². The molecule has 0 aromatic heterocycles. The fourth-order valence-electron chi connectivity index (χ4n) is 3.95. The SMILES string of the molecule is c1ccc(CN2C[C@H]3CCNc4ccccc4[C@@H]3C2)cc1. The molecule has 1 saturated heterocycles. The quantitative estimate of drug-likeness (QED) is 0.900. The van der Waals surface area contributed by atoms with E-state index in [0.717, 1.165) is 19.0 Å². The van der Waals surface area contributed by atoms with Gasteiger partial charge < -0.3 is 5.32 Å². The molecule has 4 rings (SSSR count). The van der Waals surface area contributed by atoms with Crippen LogP contribution in [0.3, 0.4) is 0 Å². The molecule has 21 heavy (non-hydrogen) atoms. The van der Waals surface area contributed by atoms with Crippen molar-refractivity contribution in [1.29, 1.82) is 0 Å². The molecular weight excluding hydrogens is 256 g/mol. The van der Waals surface area contributed by atoms with Gasteiger partial charge in [0, 0.05) is 37.8 Å². The number of rotatable bonds is 2. The van der Waals surface area contributed by atoms with E-state index in [9.17, 15) is 0 Å². The Labute approximate surface area is 126 Å². The summed E-state index contributed by atoms with van der Waals surface area (Å²) in [6.45, 7) is 4.62. The normalized spacial score (nSPS) is 24.8. The molecule has 1 fully saturated rings. The van der Waals surface area contributed by atoms with Crippen LogP contribution in [0.5, 0.6) is 0 Å². The Balaban J connectivity index is 1.55. The minimum Gasteiger partial charge on any atom is -0.385 e. The highest BCUT2D eigenvalue weighted by Crippen LogP contribution is 2.40. The van der Waals surface area contributed by atoms with Crippen molar-refractivity contribution in [3.63, 3.8) is 0 Å². The Morgan fingerprint density at radius 2 is 1.76 bits per heavy atom. The van der Waals surface area contributed by atoms with Crippen molar-refractivity contribution in [2.45, 2.75) is 18.9 Å². The van der Waals surface area contributed by atoms with Crippen molar-refractivity contribution in [2.24, 2.45) is 5.92 Å². The number of fused-ring (bicyclic) bond motifs is 3. The van der Waals surface area contributed by atoms with Gasteiger partial charge in [-0.15, -0.1) is 0 Å². The fourth-order valence-corrected chi connectivity index (χ4v) is 3.95. The van der Waals surface area contributed by atoms with Crippen molar-refractivity contribution < 1.29 is 0 Å². The zero-order chi connectivity index (χ0) is 14.1. The summed E-state index contributed by atoms with van der Waals surface area (Å²) in [5.41, 5.74) is 4.31. The first kappa shape index (κ1) is 12.9. The van der Waals surface area contributed by atoms with Crippen LogP contribution in [0.4, 0.5) is 5.69 Å². The lowest BCUT2D eigenvalue weighted by atomic mass is 9.87. The van der Waals surface area contributed by atoms with E-state index in [2.05, 4.69) is 64.8 Å². The van der Waals surface area contributed by atoms with Gasteiger partial charge >= 0.3 is 0 Å². The van der Waals surface area contributed by atoms with Crippen molar-refractivity contribution in [1.82, 2.24) is 4.90 Å². The number of benzene rings is 2. The maximum absolute atomic E-state index is 3.60. The van der Waals surface area contributed by atoms with Crippen LogP contribution in [0, 0.1) is 5.92 Å². The second kappa shape index (κ2) is 5.53. The van der Waals surface area contributed by atoms with Crippen LogP contribution in [-0.4, -0.2) is 24.5 Å². The highest BCUT2D eigenvalue weighted by atomic mass is 15.2. The Bertz CT molecular complexity index is 608. The molecule has 0 aliphatic carbocycles. The maximum Gasteiger partial charge on any atom is 0.0376 e. The van der Waals surface area contributed by atoms with Gasteiger partial charge in [-0.25, -0.2) is 0 Å². The average Bonchev–Trinajstić information content (AvgIpc) is 2.83. The third-order valence-corrected chi connectivity index (χ3v) is 4.96. The summed E-state index contributed by atoms with van der Waals surface area (Å²) in [4.78, 5) is 2.63. The van der Waals surface area contributed by atoms with E-state index in [-0.39, 0.29) is 0 Å². The molecule has 0 amide bonds. The van der Waals surface area contributed by atoms with Crippen LogP contribution in [0.25, 0.3) is 0 Å². The summed E-state index contributed by atoms with van der Waals surface area (Å²) < 4.78 is 0. The third kappa shape index (κ3) is 2.56. The molecule has 108 valence electrons. The van der Waals surface area contributed by atoms with Gasteiger partial charge in [-0.1, -0.05) is 48.5 Å².